The highest BCUT2D eigenvalue weighted by Gasteiger charge is 2.25. The zero-order valence-corrected chi connectivity index (χ0v) is 12.8. The molecular formula is C13H24BrN3. The number of hydrogen-bond donors (Lipinski definition) is 1. The highest BCUT2D eigenvalue weighted by molar-refractivity contribution is 9.11. The first kappa shape index (κ1) is 14.6. The van der Waals surface area contributed by atoms with Crippen LogP contribution in [0.1, 0.15) is 26.7 Å². The van der Waals surface area contributed by atoms with Crippen LogP contribution in [0.15, 0.2) is 16.1 Å². The lowest BCUT2D eigenvalue weighted by Gasteiger charge is -2.22. The molecule has 0 bridgehead atoms. The van der Waals surface area contributed by atoms with Crippen molar-refractivity contribution in [3.05, 3.63) is 11.1 Å². The van der Waals surface area contributed by atoms with E-state index in [1.807, 2.05) is 7.05 Å². The van der Waals surface area contributed by atoms with Gasteiger partial charge < -0.3 is 10.2 Å². The van der Waals surface area contributed by atoms with Crippen LogP contribution in [0.5, 0.6) is 0 Å². The molecule has 98 valence electrons. The number of halogens is 1. The maximum Gasteiger partial charge on any atom is 0.193 e. The standard InChI is InChI=1S/C13H24BrN3/c1-10(2)7-12-5-6-17(9-12)13(15-4)16-8-11(3)14/h10,12H,3,5-9H2,1-2,4H3,(H,15,16). The van der Waals surface area contributed by atoms with Crippen molar-refractivity contribution in [2.75, 3.05) is 26.7 Å². The third kappa shape index (κ3) is 5.11. The van der Waals surface area contributed by atoms with E-state index in [1.54, 1.807) is 0 Å². The summed E-state index contributed by atoms with van der Waals surface area (Å²) in [5, 5.41) is 3.31. The molecule has 0 aromatic carbocycles. The highest BCUT2D eigenvalue weighted by atomic mass is 79.9. The Morgan fingerprint density at radius 2 is 2.29 bits per heavy atom. The van der Waals surface area contributed by atoms with Gasteiger partial charge in [0, 0.05) is 31.2 Å². The second-order valence-electron chi connectivity index (χ2n) is 5.15. The van der Waals surface area contributed by atoms with E-state index in [0.29, 0.717) is 0 Å². The van der Waals surface area contributed by atoms with Gasteiger partial charge in [-0.2, -0.15) is 0 Å². The van der Waals surface area contributed by atoms with Gasteiger partial charge in [0.15, 0.2) is 5.96 Å². The largest absolute Gasteiger partial charge is 0.352 e. The molecule has 3 nitrogen and oxygen atoms in total. The van der Waals surface area contributed by atoms with E-state index in [0.717, 1.165) is 41.9 Å². The Morgan fingerprint density at radius 3 is 2.82 bits per heavy atom. The molecular weight excluding hydrogens is 278 g/mol. The summed E-state index contributed by atoms with van der Waals surface area (Å²) in [5.74, 6) is 2.61. The first-order valence-corrected chi connectivity index (χ1v) is 7.11. The summed E-state index contributed by atoms with van der Waals surface area (Å²) >= 11 is 3.35. The molecule has 0 aliphatic carbocycles. The Hall–Kier alpha value is -0.510. The van der Waals surface area contributed by atoms with Gasteiger partial charge in [0.1, 0.15) is 0 Å². The third-order valence-electron chi connectivity index (χ3n) is 3.04. The van der Waals surface area contributed by atoms with Gasteiger partial charge in [0.25, 0.3) is 0 Å². The van der Waals surface area contributed by atoms with Crippen molar-refractivity contribution in [1.29, 1.82) is 0 Å². The second-order valence-corrected chi connectivity index (χ2v) is 6.27. The molecule has 0 spiro atoms. The summed E-state index contributed by atoms with van der Waals surface area (Å²) in [5.41, 5.74) is 0. The number of guanidine groups is 1. The number of rotatable bonds is 4. The van der Waals surface area contributed by atoms with Crippen LogP contribution in [0.4, 0.5) is 0 Å². The van der Waals surface area contributed by atoms with Gasteiger partial charge in [-0.15, -0.1) is 0 Å². The van der Waals surface area contributed by atoms with Crippen molar-refractivity contribution in [2.24, 2.45) is 16.8 Å². The maximum absolute atomic E-state index is 4.33. The zero-order chi connectivity index (χ0) is 12.8. The SMILES string of the molecule is C=C(Br)CNC(=NC)N1CCC(CC(C)C)C1. The van der Waals surface area contributed by atoms with Gasteiger partial charge in [-0.05, 0) is 24.7 Å². The fraction of sp³-hybridized carbons (Fsp3) is 0.769. The van der Waals surface area contributed by atoms with Crippen LogP contribution >= 0.6 is 15.9 Å². The van der Waals surface area contributed by atoms with Gasteiger partial charge in [0.2, 0.25) is 0 Å². The van der Waals surface area contributed by atoms with E-state index in [-0.39, 0.29) is 0 Å². The summed E-state index contributed by atoms with van der Waals surface area (Å²) in [7, 11) is 1.84. The molecule has 1 fully saturated rings. The second kappa shape index (κ2) is 7.04. The Balaban J connectivity index is 2.42. The molecule has 1 heterocycles. The van der Waals surface area contributed by atoms with Gasteiger partial charge >= 0.3 is 0 Å². The minimum Gasteiger partial charge on any atom is -0.352 e. The quantitative estimate of drug-likeness (QED) is 0.639. The average Bonchev–Trinajstić information content (AvgIpc) is 2.66. The van der Waals surface area contributed by atoms with E-state index >= 15 is 0 Å². The maximum atomic E-state index is 4.33. The molecule has 1 atom stereocenters. The monoisotopic (exact) mass is 301 g/mol. The van der Waals surface area contributed by atoms with Gasteiger partial charge in [-0.3, -0.25) is 4.99 Å². The van der Waals surface area contributed by atoms with Crippen molar-refractivity contribution < 1.29 is 0 Å². The van der Waals surface area contributed by atoms with Crippen LogP contribution in [0, 0.1) is 11.8 Å². The normalized spacial score (nSPS) is 21.1. The fourth-order valence-corrected chi connectivity index (χ4v) is 2.53. The Bertz CT molecular complexity index is 286. The van der Waals surface area contributed by atoms with Crippen molar-refractivity contribution in [1.82, 2.24) is 10.2 Å². The van der Waals surface area contributed by atoms with Crippen molar-refractivity contribution >= 4 is 21.9 Å². The molecule has 17 heavy (non-hydrogen) atoms. The first-order chi connectivity index (χ1) is 8.02. The van der Waals surface area contributed by atoms with Crippen LogP contribution < -0.4 is 5.32 Å². The molecule has 1 aliphatic rings. The van der Waals surface area contributed by atoms with Gasteiger partial charge in [0.05, 0.1) is 0 Å². The van der Waals surface area contributed by atoms with E-state index in [9.17, 15) is 0 Å². The minimum absolute atomic E-state index is 0.734. The summed E-state index contributed by atoms with van der Waals surface area (Å²) in [6.07, 6.45) is 2.60. The van der Waals surface area contributed by atoms with E-state index < -0.39 is 0 Å². The number of hydrogen-bond acceptors (Lipinski definition) is 1. The molecule has 0 radical (unpaired) electrons. The molecule has 0 aromatic rings. The Kier molecular flexibility index (Phi) is 6.03. The Labute approximate surface area is 113 Å². The van der Waals surface area contributed by atoms with E-state index in [2.05, 4.69) is 51.6 Å². The molecule has 0 amide bonds. The lowest BCUT2D eigenvalue weighted by Crippen LogP contribution is -2.40. The summed E-state index contributed by atoms with van der Waals surface area (Å²) in [6, 6.07) is 0. The fourth-order valence-electron chi connectivity index (χ4n) is 2.39. The highest BCUT2D eigenvalue weighted by Crippen LogP contribution is 2.23. The number of nitrogens with one attached hydrogen (secondary N) is 1. The summed E-state index contributed by atoms with van der Waals surface area (Å²) in [4.78, 5) is 6.68. The number of likely N-dealkylation sites (tertiary alicyclic amines) is 1. The average molecular weight is 302 g/mol. The molecule has 0 saturated carbocycles. The number of aliphatic imine (C=N–C) groups is 1. The molecule has 1 saturated heterocycles. The third-order valence-corrected chi connectivity index (χ3v) is 3.32. The van der Waals surface area contributed by atoms with Crippen LogP contribution in [-0.4, -0.2) is 37.5 Å². The van der Waals surface area contributed by atoms with Crippen LogP contribution in [0.3, 0.4) is 0 Å². The van der Waals surface area contributed by atoms with Gasteiger partial charge in [-0.1, -0.05) is 36.4 Å². The predicted molar refractivity (Wildman–Crippen MR) is 78.6 cm³/mol. The van der Waals surface area contributed by atoms with Crippen molar-refractivity contribution in [3.8, 4) is 0 Å². The predicted octanol–water partition coefficient (Wildman–Crippen LogP) is 2.84. The molecule has 0 aromatic heterocycles. The van der Waals surface area contributed by atoms with Crippen molar-refractivity contribution in [3.63, 3.8) is 0 Å². The molecule has 4 heteroatoms. The summed E-state index contributed by atoms with van der Waals surface area (Å²) < 4.78 is 0.955. The summed E-state index contributed by atoms with van der Waals surface area (Å²) in [6.45, 7) is 11.4. The van der Waals surface area contributed by atoms with Gasteiger partial charge in [-0.25, -0.2) is 0 Å². The van der Waals surface area contributed by atoms with Crippen LogP contribution in [0.25, 0.3) is 0 Å². The van der Waals surface area contributed by atoms with Crippen molar-refractivity contribution in [2.45, 2.75) is 26.7 Å². The molecule has 1 N–H and O–H groups in total. The lowest BCUT2D eigenvalue weighted by molar-refractivity contribution is 0.404. The van der Waals surface area contributed by atoms with E-state index in [1.165, 1.54) is 12.8 Å². The molecule has 1 aliphatic heterocycles. The zero-order valence-electron chi connectivity index (χ0n) is 11.2. The lowest BCUT2D eigenvalue weighted by atomic mass is 9.97. The van der Waals surface area contributed by atoms with E-state index in [4.69, 9.17) is 0 Å². The molecule has 1 rings (SSSR count). The first-order valence-electron chi connectivity index (χ1n) is 6.31. The van der Waals surface area contributed by atoms with Crippen LogP contribution in [-0.2, 0) is 0 Å². The number of nitrogens with zero attached hydrogens (tertiary/aromatic N) is 2. The minimum atomic E-state index is 0.734. The van der Waals surface area contributed by atoms with Crippen LogP contribution in [0.2, 0.25) is 0 Å². The smallest absolute Gasteiger partial charge is 0.193 e. The Morgan fingerprint density at radius 1 is 1.59 bits per heavy atom. The topological polar surface area (TPSA) is 27.6 Å². The molecule has 1 unspecified atom stereocenters.